The van der Waals surface area contributed by atoms with Crippen LogP contribution in [0.3, 0.4) is 0 Å². The molecule has 160 valence electrons. The number of carbonyl (C=O) groups excluding carboxylic acids is 2. The van der Waals surface area contributed by atoms with Crippen molar-refractivity contribution < 1.29 is 9.59 Å². The van der Waals surface area contributed by atoms with Crippen molar-refractivity contribution in [2.45, 2.75) is 24.7 Å². The molecule has 0 saturated carbocycles. The Morgan fingerprint density at radius 3 is 2.61 bits per heavy atom. The highest BCUT2D eigenvalue weighted by atomic mass is 35.5. The van der Waals surface area contributed by atoms with Crippen molar-refractivity contribution in [3.05, 3.63) is 88.2 Å². The van der Waals surface area contributed by atoms with Gasteiger partial charge in [-0.2, -0.15) is 0 Å². The summed E-state index contributed by atoms with van der Waals surface area (Å²) in [6.45, 7) is 6.02. The summed E-state index contributed by atoms with van der Waals surface area (Å²) < 4.78 is 1.82. The average Bonchev–Trinajstić information content (AvgIpc) is 3.15. The fourth-order valence-electron chi connectivity index (χ4n) is 2.88. The summed E-state index contributed by atoms with van der Waals surface area (Å²) in [5, 5.41) is 12.6. The number of carbonyl (C=O) groups is 2. The number of hydrogen-bond acceptors (Lipinski definition) is 5. The maximum atomic E-state index is 12.6. The minimum Gasteiger partial charge on any atom is -0.342 e. The molecule has 1 amide bonds. The molecule has 6 nitrogen and oxygen atoms in total. The van der Waals surface area contributed by atoms with Crippen molar-refractivity contribution in [3.63, 3.8) is 0 Å². The number of Topliss-reactive ketones (excluding diaryl/α,β-unsaturated/α-hetero) is 1. The molecule has 3 rings (SSSR count). The maximum absolute atomic E-state index is 12.6. The molecule has 0 aliphatic carbocycles. The van der Waals surface area contributed by atoms with Crippen LogP contribution in [0.25, 0.3) is 0 Å². The van der Waals surface area contributed by atoms with E-state index in [0.717, 1.165) is 0 Å². The second-order valence-corrected chi connectivity index (χ2v) is 8.42. The molecular formula is C22H20Cl2N4O2S. The topological polar surface area (TPSA) is 76.9 Å². The molecule has 9 heteroatoms. The Labute approximate surface area is 194 Å². The van der Waals surface area contributed by atoms with Crippen molar-refractivity contribution in [1.82, 2.24) is 20.1 Å². The molecule has 0 fully saturated rings. The number of nitrogens with zero attached hydrogens (tertiary/aromatic N) is 3. The van der Waals surface area contributed by atoms with E-state index in [1.165, 1.54) is 17.8 Å². The highest BCUT2D eigenvalue weighted by molar-refractivity contribution is 7.99. The minimum absolute atomic E-state index is 0.000894. The second kappa shape index (κ2) is 10.6. The Kier molecular flexibility index (Phi) is 7.90. The zero-order chi connectivity index (χ0) is 22.4. The van der Waals surface area contributed by atoms with Gasteiger partial charge in [-0.15, -0.1) is 16.8 Å². The normalized spacial score (nSPS) is 11.7. The lowest BCUT2D eigenvalue weighted by Crippen LogP contribution is -2.29. The summed E-state index contributed by atoms with van der Waals surface area (Å²) in [6, 6.07) is 13.3. The van der Waals surface area contributed by atoms with Crippen LogP contribution in [-0.2, 0) is 6.54 Å². The van der Waals surface area contributed by atoms with Gasteiger partial charge in [0.1, 0.15) is 0 Å². The minimum atomic E-state index is -0.453. The molecule has 1 aromatic heterocycles. The first kappa shape index (κ1) is 23.1. The molecule has 0 bridgehead atoms. The molecule has 1 heterocycles. The number of hydrogen-bond donors (Lipinski definition) is 1. The zero-order valence-electron chi connectivity index (χ0n) is 16.7. The molecule has 31 heavy (non-hydrogen) atoms. The first-order valence-corrected chi connectivity index (χ1v) is 11.2. The quantitative estimate of drug-likeness (QED) is 0.260. The molecule has 0 saturated heterocycles. The fraction of sp³-hybridized carbons (Fsp3) is 0.182. The van der Waals surface area contributed by atoms with Crippen LogP contribution in [0.5, 0.6) is 0 Å². The molecule has 1 atom stereocenters. The van der Waals surface area contributed by atoms with Crippen molar-refractivity contribution in [1.29, 1.82) is 0 Å². The van der Waals surface area contributed by atoms with Gasteiger partial charge in [-0.05, 0) is 25.1 Å². The molecule has 2 aromatic carbocycles. The van der Waals surface area contributed by atoms with Gasteiger partial charge in [0.05, 0.1) is 22.4 Å². The average molecular weight is 475 g/mol. The van der Waals surface area contributed by atoms with E-state index in [1.807, 2.05) is 22.8 Å². The molecule has 1 N–H and O–H groups in total. The summed E-state index contributed by atoms with van der Waals surface area (Å²) in [4.78, 5) is 25.1. The van der Waals surface area contributed by atoms with Crippen LogP contribution < -0.4 is 5.32 Å². The van der Waals surface area contributed by atoms with Crippen LogP contribution in [0.4, 0.5) is 0 Å². The highest BCUT2D eigenvalue weighted by Gasteiger charge is 2.21. The largest absolute Gasteiger partial charge is 0.342 e. The van der Waals surface area contributed by atoms with Gasteiger partial charge in [-0.3, -0.25) is 9.59 Å². The molecule has 0 spiro atoms. The van der Waals surface area contributed by atoms with Crippen molar-refractivity contribution >= 4 is 46.7 Å². The van der Waals surface area contributed by atoms with Crippen molar-refractivity contribution in [2.75, 3.05) is 5.75 Å². The number of amides is 1. The maximum Gasteiger partial charge on any atom is 0.253 e. The van der Waals surface area contributed by atoms with Gasteiger partial charge < -0.3 is 9.88 Å². The van der Waals surface area contributed by atoms with Crippen LogP contribution in [0.1, 0.15) is 39.5 Å². The zero-order valence-corrected chi connectivity index (χ0v) is 19.0. The van der Waals surface area contributed by atoms with Crippen LogP contribution in [-0.4, -0.2) is 32.2 Å². The molecule has 0 aliphatic heterocycles. The fourth-order valence-corrected chi connectivity index (χ4v) is 4.22. The van der Waals surface area contributed by atoms with E-state index < -0.39 is 6.04 Å². The second-order valence-electron chi connectivity index (χ2n) is 6.64. The van der Waals surface area contributed by atoms with E-state index in [4.69, 9.17) is 23.2 Å². The first-order chi connectivity index (χ1) is 14.9. The molecule has 3 aromatic rings. The Morgan fingerprint density at radius 1 is 1.19 bits per heavy atom. The Hall–Kier alpha value is -2.61. The number of allylic oxidation sites excluding steroid dienone is 1. The summed E-state index contributed by atoms with van der Waals surface area (Å²) >= 11 is 13.3. The Bertz CT molecular complexity index is 1100. The number of nitrogens with one attached hydrogen (secondary N) is 1. The number of rotatable bonds is 9. The van der Waals surface area contributed by atoms with Crippen LogP contribution in [0, 0.1) is 0 Å². The van der Waals surface area contributed by atoms with Crippen molar-refractivity contribution in [3.8, 4) is 0 Å². The predicted molar refractivity (Wildman–Crippen MR) is 124 cm³/mol. The third kappa shape index (κ3) is 5.76. The number of aromatic nitrogens is 3. The molecule has 0 aliphatic rings. The van der Waals surface area contributed by atoms with Gasteiger partial charge in [0.25, 0.3) is 5.91 Å². The van der Waals surface area contributed by atoms with Gasteiger partial charge in [0.2, 0.25) is 0 Å². The van der Waals surface area contributed by atoms with Crippen molar-refractivity contribution in [2.24, 2.45) is 0 Å². The molecule has 0 unspecified atom stereocenters. The highest BCUT2D eigenvalue weighted by Crippen LogP contribution is 2.24. The van der Waals surface area contributed by atoms with E-state index in [9.17, 15) is 9.59 Å². The lowest BCUT2D eigenvalue weighted by atomic mass is 10.2. The van der Waals surface area contributed by atoms with Gasteiger partial charge in [0, 0.05) is 17.1 Å². The Balaban J connectivity index is 1.73. The lowest BCUT2D eigenvalue weighted by molar-refractivity contribution is 0.0937. The van der Waals surface area contributed by atoms with Crippen LogP contribution >= 0.6 is 35.0 Å². The summed E-state index contributed by atoms with van der Waals surface area (Å²) in [5.41, 5.74) is 0.959. The van der Waals surface area contributed by atoms with Gasteiger partial charge in [-0.1, -0.05) is 71.4 Å². The van der Waals surface area contributed by atoms with Gasteiger partial charge in [-0.25, -0.2) is 0 Å². The monoisotopic (exact) mass is 474 g/mol. The lowest BCUT2D eigenvalue weighted by Gasteiger charge is -2.16. The van der Waals surface area contributed by atoms with Crippen LogP contribution in [0.15, 0.2) is 66.3 Å². The smallest absolute Gasteiger partial charge is 0.253 e. The summed E-state index contributed by atoms with van der Waals surface area (Å²) in [5.74, 6) is 0.420. The molecular weight excluding hydrogens is 455 g/mol. The van der Waals surface area contributed by atoms with Gasteiger partial charge >= 0.3 is 0 Å². The standard InChI is InChI=1S/C22H20Cl2N4O2S/c1-3-11-28-20(14(2)25-21(30)17-10-9-16(23)12-18(17)24)26-27-22(28)31-13-19(29)15-7-5-4-6-8-15/h3-10,12,14H,1,11,13H2,2H3,(H,25,30)/t14-/m1/s1. The Morgan fingerprint density at radius 2 is 1.94 bits per heavy atom. The van der Waals surface area contributed by atoms with E-state index in [-0.39, 0.29) is 22.5 Å². The van der Waals surface area contributed by atoms with E-state index >= 15 is 0 Å². The number of thioether (sulfide) groups is 1. The van der Waals surface area contributed by atoms with Crippen LogP contribution in [0.2, 0.25) is 10.0 Å². The first-order valence-electron chi connectivity index (χ1n) is 9.41. The predicted octanol–water partition coefficient (Wildman–Crippen LogP) is 5.24. The number of ketones is 1. The van der Waals surface area contributed by atoms with E-state index in [0.29, 0.717) is 33.7 Å². The van der Waals surface area contributed by atoms with E-state index in [1.54, 1.807) is 37.3 Å². The SMILES string of the molecule is C=CCn1c(SCC(=O)c2ccccc2)nnc1[C@@H](C)NC(=O)c1ccc(Cl)cc1Cl. The van der Waals surface area contributed by atoms with Gasteiger partial charge in [0.15, 0.2) is 16.8 Å². The third-order valence-electron chi connectivity index (χ3n) is 4.40. The summed E-state index contributed by atoms with van der Waals surface area (Å²) in [7, 11) is 0. The molecule has 0 radical (unpaired) electrons. The number of benzene rings is 2. The summed E-state index contributed by atoms with van der Waals surface area (Å²) in [6.07, 6.45) is 1.71. The number of halogens is 2. The third-order valence-corrected chi connectivity index (χ3v) is 5.91. The van der Waals surface area contributed by atoms with E-state index in [2.05, 4.69) is 22.1 Å².